The number of nitrogens with one attached hydrogen (secondary N) is 1. The van der Waals surface area contributed by atoms with Gasteiger partial charge in [0.2, 0.25) is 10.0 Å². The minimum Gasteiger partial charge on any atom is -0.399 e. The van der Waals surface area contributed by atoms with Gasteiger partial charge in [-0.1, -0.05) is 12.1 Å². The summed E-state index contributed by atoms with van der Waals surface area (Å²) in [5, 5.41) is 4.10. The minimum absolute atomic E-state index is 0.0502. The molecule has 0 unspecified atom stereocenters. The molecule has 0 saturated carbocycles. The Bertz CT molecular complexity index is 662. The van der Waals surface area contributed by atoms with E-state index in [9.17, 15) is 8.42 Å². The van der Waals surface area contributed by atoms with Crippen molar-refractivity contribution in [3.63, 3.8) is 0 Å². The minimum atomic E-state index is -3.34. The molecule has 0 aliphatic rings. The molecule has 0 amide bonds. The fourth-order valence-corrected chi connectivity index (χ4v) is 2.92. The fourth-order valence-electron chi connectivity index (χ4n) is 1.79. The van der Waals surface area contributed by atoms with Gasteiger partial charge in [-0.15, -0.1) is 0 Å². The van der Waals surface area contributed by atoms with Crippen LogP contribution in [0.25, 0.3) is 0 Å². The van der Waals surface area contributed by atoms with Crippen LogP contribution in [0.5, 0.6) is 0 Å². The molecular formula is C13H18N4O2S. The maximum Gasteiger partial charge on any atom is 0.215 e. The predicted octanol–water partition coefficient (Wildman–Crippen LogP) is 0.893. The predicted molar refractivity (Wildman–Crippen MR) is 78.4 cm³/mol. The summed E-state index contributed by atoms with van der Waals surface area (Å²) in [5.74, 6) is -0.0502. The van der Waals surface area contributed by atoms with Crippen molar-refractivity contribution in [3.05, 3.63) is 47.8 Å². The Kier molecular flexibility index (Phi) is 4.41. The first kappa shape index (κ1) is 14.5. The van der Waals surface area contributed by atoms with E-state index in [1.54, 1.807) is 35.1 Å². The number of nitrogens with zero attached hydrogens (tertiary/aromatic N) is 2. The van der Waals surface area contributed by atoms with Crippen molar-refractivity contribution in [3.8, 4) is 0 Å². The van der Waals surface area contributed by atoms with Crippen molar-refractivity contribution in [2.75, 3.05) is 12.3 Å². The van der Waals surface area contributed by atoms with E-state index in [0.29, 0.717) is 24.3 Å². The molecule has 108 valence electrons. The zero-order chi connectivity index (χ0) is 14.6. The lowest BCUT2D eigenvalue weighted by Gasteiger charge is -2.07. The molecule has 0 spiro atoms. The van der Waals surface area contributed by atoms with Crippen LogP contribution in [0, 0.1) is 6.92 Å². The Labute approximate surface area is 118 Å². The third-order valence-electron chi connectivity index (χ3n) is 2.76. The third-order valence-corrected chi connectivity index (χ3v) is 4.12. The standard InChI is InChI=1S/C13H18N4O2S/c1-11-8-15-17(9-11)7-6-16-20(18,19)10-12-2-4-13(14)5-3-12/h2-5,8-9,16H,6-7,10,14H2,1H3. The van der Waals surface area contributed by atoms with Gasteiger partial charge in [-0.25, -0.2) is 13.1 Å². The van der Waals surface area contributed by atoms with E-state index in [4.69, 9.17) is 5.73 Å². The van der Waals surface area contributed by atoms with E-state index in [2.05, 4.69) is 9.82 Å². The van der Waals surface area contributed by atoms with Crippen molar-refractivity contribution >= 4 is 15.7 Å². The molecule has 7 heteroatoms. The second-order valence-corrected chi connectivity index (χ2v) is 6.48. The SMILES string of the molecule is Cc1cnn(CCNS(=O)(=O)Cc2ccc(N)cc2)c1. The van der Waals surface area contributed by atoms with Gasteiger partial charge >= 0.3 is 0 Å². The number of hydrogen-bond donors (Lipinski definition) is 2. The second-order valence-electron chi connectivity index (χ2n) is 4.68. The highest BCUT2D eigenvalue weighted by Crippen LogP contribution is 2.08. The third kappa shape index (κ3) is 4.36. The van der Waals surface area contributed by atoms with E-state index < -0.39 is 10.0 Å². The van der Waals surface area contributed by atoms with E-state index in [1.165, 1.54) is 0 Å². The first-order valence-corrected chi connectivity index (χ1v) is 7.91. The molecule has 0 aliphatic carbocycles. The molecule has 0 fully saturated rings. The molecule has 0 saturated heterocycles. The molecule has 0 atom stereocenters. The molecule has 0 radical (unpaired) electrons. The largest absolute Gasteiger partial charge is 0.399 e. The van der Waals surface area contributed by atoms with Crippen LogP contribution in [0.1, 0.15) is 11.1 Å². The summed E-state index contributed by atoms with van der Waals surface area (Å²) in [5.41, 5.74) is 7.94. The molecule has 0 bridgehead atoms. The van der Waals surface area contributed by atoms with Crippen LogP contribution >= 0.6 is 0 Å². The number of nitrogen functional groups attached to an aromatic ring is 1. The summed E-state index contributed by atoms with van der Waals surface area (Å²) in [4.78, 5) is 0. The van der Waals surface area contributed by atoms with Crippen molar-refractivity contribution < 1.29 is 8.42 Å². The van der Waals surface area contributed by atoms with Gasteiger partial charge in [0, 0.05) is 18.4 Å². The molecular weight excluding hydrogens is 276 g/mol. The van der Waals surface area contributed by atoms with E-state index >= 15 is 0 Å². The normalized spacial score (nSPS) is 11.7. The van der Waals surface area contributed by atoms with Crippen molar-refractivity contribution in [2.45, 2.75) is 19.2 Å². The highest BCUT2D eigenvalue weighted by molar-refractivity contribution is 7.88. The molecule has 6 nitrogen and oxygen atoms in total. The van der Waals surface area contributed by atoms with Crippen LogP contribution in [0.3, 0.4) is 0 Å². The highest BCUT2D eigenvalue weighted by Gasteiger charge is 2.10. The summed E-state index contributed by atoms with van der Waals surface area (Å²) in [7, 11) is -3.34. The average molecular weight is 294 g/mol. The molecule has 2 aromatic rings. The van der Waals surface area contributed by atoms with Crippen molar-refractivity contribution in [2.24, 2.45) is 0 Å². The van der Waals surface area contributed by atoms with Gasteiger partial charge in [0.15, 0.2) is 0 Å². The van der Waals surface area contributed by atoms with Crippen LogP contribution in [0.4, 0.5) is 5.69 Å². The zero-order valence-corrected chi connectivity index (χ0v) is 12.1. The fraction of sp³-hybridized carbons (Fsp3) is 0.308. The Morgan fingerprint density at radius 3 is 2.60 bits per heavy atom. The van der Waals surface area contributed by atoms with Gasteiger partial charge in [-0.3, -0.25) is 4.68 Å². The maximum absolute atomic E-state index is 11.9. The average Bonchev–Trinajstić information content (AvgIpc) is 2.77. The molecule has 1 aromatic heterocycles. The Morgan fingerprint density at radius 2 is 2.00 bits per heavy atom. The van der Waals surface area contributed by atoms with E-state index in [0.717, 1.165) is 5.56 Å². The summed E-state index contributed by atoms with van der Waals surface area (Å²) in [6, 6.07) is 6.81. The molecule has 1 aromatic carbocycles. The first-order chi connectivity index (χ1) is 9.44. The van der Waals surface area contributed by atoms with Gasteiger partial charge in [-0.2, -0.15) is 5.10 Å². The van der Waals surface area contributed by atoms with E-state index in [1.807, 2.05) is 13.1 Å². The molecule has 0 aliphatic heterocycles. The quantitative estimate of drug-likeness (QED) is 0.774. The van der Waals surface area contributed by atoms with Crippen molar-refractivity contribution in [1.29, 1.82) is 0 Å². The Hall–Kier alpha value is -1.86. The molecule has 3 N–H and O–H groups in total. The summed E-state index contributed by atoms with van der Waals surface area (Å²) < 4.78 is 28.1. The lowest BCUT2D eigenvalue weighted by Crippen LogP contribution is -2.28. The van der Waals surface area contributed by atoms with Gasteiger partial charge in [0.05, 0.1) is 18.5 Å². The van der Waals surface area contributed by atoms with Crippen LogP contribution < -0.4 is 10.5 Å². The maximum atomic E-state index is 11.9. The van der Waals surface area contributed by atoms with Gasteiger partial charge in [0.25, 0.3) is 0 Å². The number of benzene rings is 1. The first-order valence-electron chi connectivity index (χ1n) is 6.25. The molecule has 20 heavy (non-hydrogen) atoms. The molecule has 2 rings (SSSR count). The van der Waals surface area contributed by atoms with Crippen LogP contribution in [-0.2, 0) is 22.3 Å². The lowest BCUT2D eigenvalue weighted by molar-refractivity contribution is 0.560. The van der Waals surface area contributed by atoms with Crippen LogP contribution in [-0.4, -0.2) is 24.7 Å². The zero-order valence-electron chi connectivity index (χ0n) is 11.3. The lowest BCUT2D eigenvalue weighted by atomic mass is 10.2. The number of nitrogens with two attached hydrogens (primary N) is 1. The monoisotopic (exact) mass is 294 g/mol. The Balaban J connectivity index is 1.86. The Morgan fingerprint density at radius 1 is 1.30 bits per heavy atom. The van der Waals surface area contributed by atoms with Gasteiger partial charge in [-0.05, 0) is 30.2 Å². The summed E-state index contributed by atoms with van der Waals surface area (Å²) in [6.07, 6.45) is 3.61. The highest BCUT2D eigenvalue weighted by atomic mass is 32.2. The summed E-state index contributed by atoms with van der Waals surface area (Å²) >= 11 is 0. The van der Waals surface area contributed by atoms with Crippen LogP contribution in [0.2, 0.25) is 0 Å². The molecule has 1 heterocycles. The number of hydrogen-bond acceptors (Lipinski definition) is 4. The van der Waals surface area contributed by atoms with E-state index in [-0.39, 0.29) is 5.75 Å². The van der Waals surface area contributed by atoms with Gasteiger partial charge < -0.3 is 5.73 Å². The number of aryl methyl sites for hydroxylation is 1. The number of anilines is 1. The number of rotatable bonds is 6. The smallest absolute Gasteiger partial charge is 0.215 e. The van der Waals surface area contributed by atoms with Gasteiger partial charge in [0.1, 0.15) is 0 Å². The van der Waals surface area contributed by atoms with Crippen molar-refractivity contribution in [1.82, 2.24) is 14.5 Å². The number of aromatic nitrogens is 2. The van der Waals surface area contributed by atoms with Crippen LogP contribution in [0.15, 0.2) is 36.7 Å². The second kappa shape index (κ2) is 6.06. The number of sulfonamides is 1. The summed E-state index contributed by atoms with van der Waals surface area (Å²) in [6.45, 7) is 2.77. The topological polar surface area (TPSA) is 90.0 Å².